The molecule has 0 bridgehead atoms. The minimum atomic E-state index is -11.2. The van der Waals surface area contributed by atoms with Crippen LogP contribution in [0, 0.1) is 0 Å². The Balaban J connectivity index is 0.000000396. The third kappa shape index (κ3) is 9.94. The monoisotopic (exact) mass is 554 g/mol. The molecule has 0 saturated heterocycles. The zero-order valence-electron chi connectivity index (χ0n) is 16.3. The average molecular weight is 555 g/mol. The maximum atomic E-state index is 9.93. The molecule has 164 valence electrons. The topological polar surface area (TPSA) is 0 Å². The molecule has 0 N–H and O–H groups in total. The van der Waals surface area contributed by atoms with Crippen LogP contribution in [0.3, 0.4) is 0 Å². The molecule has 0 atom stereocenters. The fourth-order valence-electron chi connectivity index (χ4n) is 2.78. The van der Waals surface area contributed by atoms with Gasteiger partial charge < -0.3 is 0 Å². The zero-order chi connectivity index (χ0) is 22.3. The molecule has 0 saturated carbocycles. The van der Waals surface area contributed by atoms with Gasteiger partial charge in [0.1, 0.15) is 0 Å². The SMILES string of the molecule is CCCCc1ccccc1[S+](c1ccccc1)c1ccccc1.[F][Sb-]([F])([F])([F])([F])[F]. The number of unbranched alkanes of at least 4 members (excludes halogenated alkanes) is 1. The van der Waals surface area contributed by atoms with Gasteiger partial charge in [-0.2, -0.15) is 0 Å². The van der Waals surface area contributed by atoms with Crippen LogP contribution in [0.5, 0.6) is 0 Å². The molecule has 0 aliphatic rings. The Morgan fingerprint density at radius 2 is 1.03 bits per heavy atom. The number of benzene rings is 3. The number of halogens is 6. The molecule has 0 aliphatic heterocycles. The molecule has 0 radical (unpaired) electrons. The van der Waals surface area contributed by atoms with Crippen molar-refractivity contribution in [1.29, 1.82) is 0 Å². The van der Waals surface area contributed by atoms with Crippen molar-refractivity contribution in [1.82, 2.24) is 0 Å². The van der Waals surface area contributed by atoms with E-state index in [4.69, 9.17) is 0 Å². The molecule has 0 heterocycles. The first-order valence-corrected chi connectivity index (χ1v) is 16.3. The summed E-state index contributed by atoms with van der Waals surface area (Å²) in [7, 11) is -0.0297. The van der Waals surface area contributed by atoms with Crippen LogP contribution in [0.1, 0.15) is 25.3 Å². The van der Waals surface area contributed by atoms with Crippen LogP contribution in [0.4, 0.5) is 16.9 Å². The van der Waals surface area contributed by atoms with Crippen molar-refractivity contribution >= 4 is 30.4 Å². The Bertz CT molecular complexity index is 878. The van der Waals surface area contributed by atoms with Crippen molar-refractivity contribution in [2.24, 2.45) is 0 Å². The molecular weight excluding hydrogens is 532 g/mol. The molecule has 0 aromatic heterocycles. The van der Waals surface area contributed by atoms with Crippen molar-refractivity contribution < 1.29 is 16.9 Å². The summed E-state index contributed by atoms with van der Waals surface area (Å²) >= 11 is -11.2. The molecule has 0 aliphatic carbocycles. The van der Waals surface area contributed by atoms with Crippen molar-refractivity contribution in [3.05, 3.63) is 90.5 Å². The van der Waals surface area contributed by atoms with E-state index in [1.54, 1.807) is 0 Å². The third-order valence-electron chi connectivity index (χ3n) is 3.95. The van der Waals surface area contributed by atoms with E-state index in [0.717, 1.165) is 6.42 Å². The average Bonchev–Trinajstić information content (AvgIpc) is 2.67. The molecule has 3 rings (SSSR count). The first-order valence-electron chi connectivity index (χ1n) is 9.34. The van der Waals surface area contributed by atoms with Crippen LogP contribution < -0.4 is 0 Å². The van der Waals surface area contributed by atoms with Crippen molar-refractivity contribution in [2.75, 3.05) is 0 Å². The summed E-state index contributed by atoms with van der Waals surface area (Å²) in [5, 5.41) is 0. The number of hydrogen-bond acceptors (Lipinski definition) is 0. The van der Waals surface area contributed by atoms with Crippen LogP contribution in [0.25, 0.3) is 0 Å². The van der Waals surface area contributed by atoms with Crippen molar-refractivity contribution in [3.8, 4) is 0 Å². The molecule has 0 amide bonds. The van der Waals surface area contributed by atoms with Crippen LogP contribution >= 0.6 is 0 Å². The minimum absolute atomic E-state index is 0.0297. The van der Waals surface area contributed by atoms with Gasteiger partial charge >= 0.3 is 36.4 Å². The Kier molecular flexibility index (Phi) is 7.62. The van der Waals surface area contributed by atoms with E-state index in [2.05, 4.69) is 91.9 Å². The normalized spacial score (nSPS) is 13.7. The van der Waals surface area contributed by atoms with Crippen LogP contribution in [0.15, 0.2) is 99.6 Å². The summed E-state index contributed by atoms with van der Waals surface area (Å²) in [5.41, 5.74) is 1.49. The molecular formula is C22H23F6SSb. The van der Waals surface area contributed by atoms with E-state index < -0.39 is 19.5 Å². The summed E-state index contributed by atoms with van der Waals surface area (Å²) in [5.74, 6) is 0. The van der Waals surface area contributed by atoms with Crippen LogP contribution in [-0.2, 0) is 17.3 Å². The van der Waals surface area contributed by atoms with E-state index >= 15 is 0 Å². The summed E-state index contributed by atoms with van der Waals surface area (Å²) in [6, 6.07) is 30.8. The van der Waals surface area contributed by atoms with Crippen molar-refractivity contribution in [2.45, 2.75) is 40.9 Å². The third-order valence-corrected chi connectivity index (χ3v) is 6.28. The second kappa shape index (κ2) is 9.27. The van der Waals surface area contributed by atoms with Gasteiger partial charge in [0, 0.05) is 5.56 Å². The predicted octanol–water partition coefficient (Wildman–Crippen LogP) is 8.27. The molecule has 0 fully saturated rings. The summed E-state index contributed by atoms with van der Waals surface area (Å²) in [6.45, 7) is 2.26. The van der Waals surface area contributed by atoms with Gasteiger partial charge in [0.2, 0.25) is 0 Å². The van der Waals surface area contributed by atoms with Gasteiger partial charge in [0.15, 0.2) is 14.7 Å². The Morgan fingerprint density at radius 3 is 1.47 bits per heavy atom. The molecule has 8 heteroatoms. The van der Waals surface area contributed by atoms with E-state index in [0.29, 0.717) is 0 Å². The van der Waals surface area contributed by atoms with E-state index in [1.807, 2.05) is 0 Å². The first kappa shape index (κ1) is 24.7. The van der Waals surface area contributed by atoms with Crippen LogP contribution in [-0.4, -0.2) is 19.5 Å². The Hall–Kier alpha value is -1.59. The number of rotatable bonds is 6. The fourth-order valence-corrected chi connectivity index (χ4v) is 5.07. The molecule has 3 aromatic carbocycles. The summed E-state index contributed by atoms with van der Waals surface area (Å²) in [6.07, 6.45) is 3.65. The standard InChI is InChI=1S/C22H23S.6FH.Sb/c1-2-3-12-19-13-10-11-18-22(19)23(20-14-6-4-7-15-20)21-16-8-5-9-17-21;;;;;;;/h4-11,13-18H,2-3,12H2,1H3;6*1H;/q+1;;;;;;;+5/p-6. The van der Waals surface area contributed by atoms with Gasteiger partial charge in [-0.15, -0.1) is 0 Å². The van der Waals surface area contributed by atoms with Gasteiger partial charge in [-0.3, -0.25) is 0 Å². The maximum absolute atomic E-state index is 11.2. The van der Waals surface area contributed by atoms with Gasteiger partial charge in [0.05, 0.1) is 10.9 Å². The van der Waals surface area contributed by atoms with Gasteiger partial charge in [-0.05, 0) is 43.2 Å². The van der Waals surface area contributed by atoms with E-state index in [1.165, 1.54) is 33.1 Å². The van der Waals surface area contributed by atoms with Crippen molar-refractivity contribution in [3.63, 3.8) is 0 Å². The Labute approximate surface area is 178 Å². The fraction of sp³-hybridized carbons (Fsp3) is 0.182. The molecule has 30 heavy (non-hydrogen) atoms. The zero-order valence-corrected chi connectivity index (χ0v) is 19.7. The predicted molar refractivity (Wildman–Crippen MR) is 113 cm³/mol. The number of aryl methyl sites for hydroxylation is 1. The Morgan fingerprint density at radius 1 is 0.633 bits per heavy atom. The molecule has 3 aromatic rings. The first-order chi connectivity index (χ1) is 13.8. The molecule has 0 spiro atoms. The second-order valence-electron chi connectivity index (χ2n) is 6.60. The molecule has 0 nitrogen and oxygen atoms in total. The second-order valence-corrected chi connectivity index (χ2v) is 14.1. The summed E-state index contributed by atoms with van der Waals surface area (Å²) in [4.78, 5) is 4.25. The quantitative estimate of drug-likeness (QED) is 0.163. The van der Waals surface area contributed by atoms with Gasteiger partial charge in [-0.1, -0.05) is 67.9 Å². The van der Waals surface area contributed by atoms with Crippen LogP contribution in [0.2, 0.25) is 0 Å². The summed E-state index contributed by atoms with van der Waals surface area (Å²) < 4.78 is 59.6. The molecule has 0 unspecified atom stereocenters. The van der Waals surface area contributed by atoms with E-state index in [9.17, 15) is 16.9 Å². The van der Waals surface area contributed by atoms with Gasteiger partial charge in [-0.25, -0.2) is 0 Å². The van der Waals surface area contributed by atoms with Gasteiger partial charge in [0.25, 0.3) is 0 Å². The van der Waals surface area contributed by atoms with E-state index in [-0.39, 0.29) is 10.9 Å². The number of hydrogen-bond donors (Lipinski definition) is 0.